The van der Waals surface area contributed by atoms with Crippen LogP contribution in [0.2, 0.25) is 6.04 Å². The molecule has 0 aromatic carbocycles. The molecule has 0 fully saturated rings. The summed E-state index contributed by atoms with van der Waals surface area (Å²) in [6.45, 7) is 17.6. The lowest BCUT2D eigenvalue weighted by Crippen LogP contribution is -2.49. The summed E-state index contributed by atoms with van der Waals surface area (Å²) in [6.07, 6.45) is 0.883. The van der Waals surface area contributed by atoms with Crippen molar-refractivity contribution in [3.8, 4) is 0 Å². The van der Waals surface area contributed by atoms with E-state index in [0.717, 1.165) is 12.5 Å². The normalized spacial score (nSPS) is 12.0. The smallest absolute Gasteiger partial charge is 0.374 e. The van der Waals surface area contributed by atoms with Gasteiger partial charge in [0.15, 0.2) is 0 Å². The molecule has 0 aromatic heterocycles. The Kier molecular flexibility index (Phi) is 21.7. The molecule has 0 radical (unpaired) electrons. The standard InChI is InChI=1S/C9H21ClO3Si.C8H20O4Si/c1-4-11-14(12-5-2,13-6-3)9-7-8-10;1-5-9-13(10-6-2,11-7-3)12-8-4/h4-9H2,1-3H3;5-8H2,1-4H3. The fraction of sp³-hybridized carbons (Fsp3) is 1.00. The van der Waals surface area contributed by atoms with E-state index in [0.29, 0.717) is 52.1 Å². The van der Waals surface area contributed by atoms with Crippen LogP contribution in [0.3, 0.4) is 0 Å². The molecule has 0 heterocycles. The highest BCUT2D eigenvalue weighted by atomic mass is 35.5. The van der Waals surface area contributed by atoms with Crippen LogP contribution < -0.4 is 0 Å². The van der Waals surface area contributed by atoms with Crippen LogP contribution in [0.5, 0.6) is 0 Å². The zero-order chi connectivity index (χ0) is 21.0. The van der Waals surface area contributed by atoms with Crippen LogP contribution in [-0.2, 0) is 31.0 Å². The zero-order valence-corrected chi connectivity index (χ0v) is 21.1. The molecule has 0 aliphatic carbocycles. The Balaban J connectivity index is 0. The van der Waals surface area contributed by atoms with Gasteiger partial charge in [0, 0.05) is 58.2 Å². The summed E-state index contributed by atoms with van der Waals surface area (Å²) < 4.78 is 38.6. The minimum absolute atomic E-state index is 0.548. The van der Waals surface area contributed by atoms with E-state index in [1.807, 2.05) is 48.5 Å². The molecule has 27 heavy (non-hydrogen) atoms. The van der Waals surface area contributed by atoms with E-state index >= 15 is 0 Å². The van der Waals surface area contributed by atoms with Gasteiger partial charge in [-0.2, -0.15) is 0 Å². The highest BCUT2D eigenvalue weighted by Gasteiger charge is 2.44. The maximum Gasteiger partial charge on any atom is 0.679 e. The van der Waals surface area contributed by atoms with Gasteiger partial charge in [0.2, 0.25) is 0 Å². The van der Waals surface area contributed by atoms with E-state index in [1.54, 1.807) is 0 Å². The molecule has 166 valence electrons. The van der Waals surface area contributed by atoms with Gasteiger partial charge in [-0.3, -0.25) is 0 Å². The first kappa shape index (κ1) is 29.6. The highest BCUT2D eigenvalue weighted by molar-refractivity contribution is 6.60. The fourth-order valence-corrected chi connectivity index (χ4v) is 7.13. The van der Waals surface area contributed by atoms with Gasteiger partial charge in [0.25, 0.3) is 0 Å². The Morgan fingerprint density at radius 3 is 1.04 bits per heavy atom. The summed E-state index contributed by atoms with van der Waals surface area (Å²) in [7, 11) is -5.20. The van der Waals surface area contributed by atoms with Crippen LogP contribution in [0.15, 0.2) is 0 Å². The molecule has 0 aliphatic heterocycles. The van der Waals surface area contributed by atoms with Crippen molar-refractivity contribution in [1.82, 2.24) is 0 Å². The van der Waals surface area contributed by atoms with E-state index in [-0.39, 0.29) is 0 Å². The van der Waals surface area contributed by atoms with E-state index < -0.39 is 17.9 Å². The van der Waals surface area contributed by atoms with E-state index in [2.05, 4.69) is 0 Å². The number of rotatable bonds is 17. The quantitative estimate of drug-likeness (QED) is 0.243. The second-order valence-electron chi connectivity index (χ2n) is 5.01. The molecule has 0 unspecified atom stereocenters. The molecular weight excluding hydrogens is 408 g/mol. The first-order chi connectivity index (χ1) is 13.0. The first-order valence-electron chi connectivity index (χ1n) is 10.0. The summed E-state index contributed by atoms with van der Waals surface area (Å²) in [4.78, 5) is 0. The van der Waals surface area contributed by atoms with Gasteiger partial charge in [-0.25, -0.2) is 0 Å². The largest absolute Gasteiger partial charge is 0.679 e. The van der Waals surface area contributed by atoms with Gasteiger partial charge in [0.05, 0.1) is 0 Å². The third-order valence-corrected chi connectivity index (χ3v) is 8.98. The van der Waals surface area contributed by atoms with Crippen LogP contribution in [-0.4, -0.2) is 70.0 Å². The summed E-state index contributed by atoms with van der Waals surface area (Å²) in [5.74, 6) is 0.627. The van der Waals surface area contributed by atoms with Crippen molar-refractivity contribution in [1.29, 1.82) is 0 Å². The van der Waals surface area contributed by atoms with Crippen molar-refractivity contribution in [2.75, 3.05) is 52.1 Å². The van der Waals surface area contributed by atoms with Crippen molar-refractivity contribution < 1.29 is 31.0 Å². The van der Waals surface area contributed by atoms with Crippen LogP contribution in [0.4, 0.5) is 0 Å². The predicted molar refractivity (Wildman–Crippen MR) is 113 cm³/mol. The molecule has 0 spiro atoms. The monoisotopic (exact) mass is 448 g/mol. The average molecular weight is 449 g/mol. The summed E-state index contributed by atoms with van der Waals surface area (Å²) >= 11 is 5.66. The van der Waals surface area contributed by atoms with Gasteiger partial charge < -0.3 is 31.0 Å². The molecular formula is C17H41ClO7Si2. The van der Waals surface area contributed by atoms with Gasteiger partial charge >= 0.3 is 17.9 Å². The fourth-order valence-electron chi connectivity index (χ4n) is 2.24. The van der Waals surface area contributed by atoms with Gasteiger partial charge in [0.1, 0.15) is 0 Å². The highest BCUT2D eigenvalue weighted by Crippen LogP contribution is 2.18. The third kappa shape index (κ3) is 14.1. The third-order valence-electron chi connectivity index (χ3n) is 2.99. The van der Waals surface area contributed by atoms with Crippen molar-refractivity contribution in [3.05, 3.63) is 0 Å². The van der Waals surface area contributed by atoms with Crippen molar-refractivity contribution in [2.24, 2.45) is 0 Å². The van der Waals surface area contributed by atoms with Gasteiger partial charge in [-0.05, 0) is 54.9 Å². The Morgan fingerprint density at radius 2 is 0.815 bits per heavy atom. The molecule has 10 heteroatoms. The zero-order valence-electron chi connectivity index (χ0n) is 18.3. The van der Waals surface area contributed by atoms with Crippen molar-refractivity contribution >= 4 is 29.5 Å². The average Bonchev–Trinajstić information content (AvgIpc) is 2.62. The maximum atomic E-state index is 5.66. The van der Waals surface area contributed by atoms with Gasteiger partial charge in [-0.15, -0.1) is 11.6 Å². The lowest BCUT2D eigenvalue weighted by atomic mass is 10.6. The maximum absolute atomic E-state index is 5.66. The second-order valence-corrected chi connectivity index (χ2v) is 10.3. The molecule has 0 atom stereocenters. The molecule has 0 rings (SSSR count). The van der Waals surface area contributed by atoms with Crippen LogP contribution in [0, 0.1) is 0 Å². The van der Waals surface area contributed by atoms with E-state index in [1.165, 1.54) is 0 Å². The molecule has 0 saturated carbocycles. The summed E-state index contributed by atoms with van der Waals surface area (Å²) in [5.41, 5.74) is 0. The predicted octanol–water partition coefficient (Wildman–Crippen LogP) is 4.23. The Labute approximate surface area is 173 Å². The number of alkyl halides is 1. The molecule has 0 saturated heterocycles. The van der Waals surface area contributed by atoms with E-state index in [4.69, 9.17) is 42.6 Å². The molecule has 0 amide bonds. The van der Waals surface area contributed by atoms with Gasteiger partial charge in [-0.1, -0.05) is 0 Å². The first-order valence-corrected chi connectivity index (χ1v) is 14.1. The second kappa shape index (κ2) is 19.7. The molecule has 0 bridgehead atoms. The molecule has 0 aromatic rings. The summed E-state index contributed by atoms with van der Waals surface area (Å²) in [5, 5.41) is 0. The Bertz CT molecular complexity index is 268. The molecule has 7 nitrogen and oxygen atoms in total. The van der Waals surface area contributed by atoms with Crippen molar-refractivity contribution in [3.63, 3.8) is 0 Å². The van der Waals surface area contributed by atoms with Crippen molar-refractivity contribution in [2.45, 2.75) is 60.9 Å². The molecule has 0 N–H and O–H groups in total. The number of hydrogen-bond donors (Lipinski definition) is 0. The Hall–Kier alpha value is 0.444. The topological polar surface area (TPSA) is 64.6 Å². The lowest BCUT2D eigenvalue weighted by molar-refractivity contribution is -0.0247. The Morgan fingerprint density at radius 1 is 0.519 bits per heavy atom. The molecule has 0 aliphatic rings. The van der Waals surface area contributed by atoms with Crippen LogP contribution in [0.25, 0.3) is 0 Å². The van der Waals surface area contributed by atoms with E-state index in [9.17, 15) is 0 Å². The van der Waals surface area contributed by atoms with Crippen LogP contribution >= 0.6 is 11.6 Å². The minimum Gasteiger partial charge on any atom is -0.374 e. The SMILES string of the molecule is CCO[Si](CCCCl)(OCC)OCC.CCO[Si](OCC)(OCC)OCC. The minimum atomic E-state index is -2.80. The lowest BCUT2D eigenvalue weighted by Gasteiger charge is -2.28. The van der Waals surface area contributed by atoms with Crippen LogP contribution in [0.1, 0.15) is 54.9 Å². The number of halogens is 1. The summed E-state index contributed by atoms with van der Waals surface area (Å²) in [6, 6.07) is 0.812. The number of hydrogen-bond acceptors (Lipinski definition) is 7.